The molecule has 0 bridgehead atoms. The van der Waals surface area contributed by atoms with Crippen LogP contribution >= 0.6 is 11.6 Å². The van der Waals surface area contributed by atoms with E-state index in [1.807, 2.05) is 11.0 Å². The van der Waals surface area contributed by atoms with Crippen LogP contribution < -0.4 is 10.2 Å². The minimum Gasteiger partial charge on any atom is -0.393 e. The lowest BCUT2D eigenvalue weighted by Gasteiger charge is -2.39. The van der Waals surface area contributed by atoms with Crippen molar-refractivity contribution in [1.82, 2.24) is 19.6 Å². The first-order chi connectivity index (χ1) is 13.6. The summed E-state index contributed by atoms with van der Waals surface area (Å²) in [6.45, 7) is 0.255. The van der Waals surface area contributed by atoms with Gasteiger partial charge in [-0.15, -0.1) is 0 Å². The van der Waals surface area contributed by atoms with E-state index in [2.05, 4.69) is 15.4 Å². The van der Waals surface area contributed by atoms with Gasteiger partial charge in [-0.1, -0.05) is 11.6 Å². The summed E-state index contributed by atoms with van der Waals surface area (Å²) in [4.78, 5) is 23.5. The highest BCUT2D eigenvalue weighted by Gasteiger charge is 2.32. The summed E-state index contributed by atoms with van der Waals surface area (Å²) in [6.07, 6.45) is 8.05. The Morgan fingerprint density at radius 2 is 2.04 bits per heavy atom. The molecule has 1 amide bonds. The maximum atomic E-state index is 12.2. The fraction of sp³-hybridized carbons (Fsp3) is 0.368. The average molecular weight is 399 g/mol. The maximum Gasteiger partial charge on any atom is 0.244 e. The Hall–Kier alpha value is -2.71. The molecule has 1 saturated carbocycles. The molecule has 28 heavy (non-hydrogen) atoms. The van der Waals surface area contributed by atoms with Crippen molar-refractivity contribution in [2.24, 2.45) is 0 Å². The number of nitrogens with one attached hydrogen (secondary N) is 1. The predicted octanol–water partition coefficient (Wildman–Crippen LogP) is 2.51. The number of carbonyl (C=O) groups excluding carboxylic acids is 1. The van der Waals surface area contributed by atoms with Crippen LogP contribution in [0.2, 0.25) is 5.02 Å². The van der Waals surface area contributed by atoms with Crippen LogP contribution in [0.5, 0.6) is 0 Å². The topological polar surface area (TPSA) is 95.7 Å². The van der Waals surface area contributed by atoms with Crippen LogP contribution in [0.1, 0.15) is 25.7 Å². The summed E-state index contributed by atoms with van der Waals surface area (Å²) in [7, 11) is 0. The third-order valence-electron chi connectivity index (χ3n) is 5.46. The molecule has 144 valence electrons. The molecule has 4 heterocycles. The normalized spacial score (nSPS) is 22.2. The molecular formula is C19H19ClN6O2. The molecule has 2 aliphatic rings. The third-order valence-corrected chi connectivity index (χ3v) is 5.70. The lowest BCUT2D eigenvalue weighted by Crippen LogP contribution is -2.47. The lowest BCUT2D eigenvalue weighted by molar-refractivity contribution is -0.115. The van der Waals surface area contributed by atoms with Crippen molar-refractivity contribution >= 4 is 34.5 Å². The van der Waals surface area contributed by atoms with E-state index in [0.717, 1.165) is 36.8 Å². The Morgan fingerprint density at radius 3 is 2.86 bits per heavy atom. The SMILES string of the molecule is O=C1CN(C2CCC(O)CC2)c2nc(-c3cnn4ccc(Cl)cc34)ncc2N1. The monoisotopic (exact) mass is 398 g/mol. The summed E-state index contributed by atoms with van der Waals surface area (Å²) >= 11 is 6.14. The van der Waals surface area contributed by atoms with Crippen molar-refractivity contribution in [3.05, 3.63) is 35.7 Å². The molecule has 0 spiro atoms. The molecule has 1 aliphatic heterocycles. The van der Waals surface area contributed by atoms with Crippen molar-refractivity contribution in [1.29, 1.82) is 0 Å². The van der Waals surface area contributed by atoms with Crippen LogP contribution in [0, 0.1) is 0 Å². The standard InChI is InChI=1S/C19H19ClN6O2/c20-11-5-6-26-16(7-11)14(8-22-26)18-21-9-15-19(24-18)25(10-17(28)23-15)12-1-3-13(27)4-2-12/h5-9,12-13,27H,1-4,10H2,(H,23,28). The van der Waals surface area contributed by atoms with E-state index in [-0.39, 0.29) is 24.6 Å². The minimum atomic E-state index is -0.251. The van der Waals surface area contributed by atoms with E-state index < -0.39 is 0 Å². The molecule has 0 atom stereocenters. The van der Waals surface area contributed by atoms with Gasteiger partial charge in [-0.3, -0.25) is 4.79 Å². The van der Waals surface area contributed by atoms with Gasteiger partial charge in [0.15, 0.2) is 11.6 Å². The average Bonchev–Trinajstić information content (AvgIpc) is 3.10. The molecule has 1 fully saturated rings. The number of fused-ring (bicyclic) bond motifs is 2. The Bertz CT molecular complexity index is 1060. The van der Waals surface area contributed by atoms with Gasteiger partial charge in [0.25, 0.3) is 0 Å². The zero-order valence-corrected chi connectivity index (χ0v) is 15.8. The van der Waals surface area contributed by atoms with Gasteiger partial charge in [0.2, 0.25) is 5.91 Å². The summed E-state index contributed by atoms with van der Waals surface area (Å²) in [6, 6.07) is 3.78. The second-order valence-corrected chi connectivity index (χ2v) is 7.74. The second kappa shape index (κ2) is 6.72. The zero-order chi connectivity index (χ0) is 19.3. The number of halogens is 1. The molecule has 5 rings (SSSR count). The lowest BCUT2D eigenvalue weighted by atomic mass is 9.91. The highest BCUT2D eigenvalue weighted by atomic mass is 35.5. The van der Waals surface area contributed by atoms with Crippen molar-refractivity contribution in [3.63, 3.8) is 0 Å². The molecule has 0 unspecified atom stereocenters. The van der Waals surface area contributed by atoms with Crippen LogP contribution in [0.3, 0.4) is 0 Å². The van der Waals surface area contributed by atoms with E-state index in [0.29, 0.717) is 22.4 Å². The van der Waals surface area contributed by atoms with Gasteiger partial charge in [0.05, 0.1) is 36.1 Å². The van der Waals surface area contributed by atoms with Crippen molar-refractivity contribution < 1.29 is 9.90 Å². The molecular weight excluding hydrogens is 380 g/mol. The van der Waals surface area contributed by atoms with E-state index >= 15 is 0 Å². The predicted molar refractivity (Wildman–Crippen MR) is 105 cm³/mol. The Kier molecular flexibility index (Phi) is 4.17. The quantitative estimate of drug-likeness (QED) is 0.688. The van der Waals surface area contributed by atoms with Crippen molar-refractivity contribution in [2.45, 2.75) is 37.8 Å². The van der Waals surface area contributed by atoms with Crippen LogP contribution in [0.25, 0.3) is 16.9 Å². The number of aliphatic hydroxyl groups excluding tert-OH is 1. The van der Waals surface area contributed by atoms with E-state index in [4.69, 9.17) is 16.6 Å². The smallest absolute Gasteiger partial charge is 0.244 e. The number of anilines is 2. The fourth-order valence-corrected chi connectivity index (χ4v) is 4.19. The maximum absolute atomic E-state index is 12.2. The number of nitrogens with zero attached hydrogens (tertiary/aromatic N) is 5. The first-order valence-electron chi connectivity index (χ1n) is 9.33. The number of hydrogen-bond donors (Lipinski definition) is 2. The number of pyridine rings is 1. The first-order valence-corrected chi connectivity index (χ1v) is 9.71. The summed E-state index contributed by atoms with van der Waals surface area (Å²) < 4.78 is 1.73. The number of carbonyl (C=O) groups is 1. The number of hydrogen-bond acceptors (Lipinski definition) is 6. The Balaban J connectivity index is 1.57. The Morgan fingerprint density at radius 1 is 1.21 bits per heavy atom. The van der Waals surface area contributed by atoms with Gasteiger partial charge < -0.3 is 15.3 Å². The van der Waals surface area contributed by atoms with Gasteiger partial charge in [-0.05, 0) is 37.8 Å². The molecule has 8 nitrogen and oxygen atoms in total. The summed E-state index contributed by atoms with van der Waals surface area (Å²) in [5.74, 6) is 1.18. The molecule has 0 radical (unpaired) electrons. The number of amides is 1. The first kappa shape index (κ1) is 17.4. The number of aliphatic hydroxyl groups is 1. The molecule has 1 aliphatic carbocycles. The van der Waals surface area contributed by atoms with Crippen LogP contribution in [-0.2, 0) is 4.79 Å². The Labute approximate surface area is 166 Å². The van der Waals surface area contributed by atoms with Gasteiger partial charge in [-0.2, -0.15) is 5.10 Å². The molecule has 0 saturated heterocycles. The minimum absolute atomic E-state index is 0.0715. The molecule has 3 aromatic rings. The van der Waals surface area contributed by atoms with Crippen LogP contribution in [0.4, 0.5) is 11.5 Å². The molecule has 0 aromatic carbocycles. The van der Waals surface area contributed by atoms with Gasteiger partial charge in [0.1, 0.15) is 5.69 Å². The van der Waals surface area contributed by atoms with E-state index in [1.165, 1.54) is 0 Å². The summed E-state index contributed by atoms with van der Waals surface area (Å²) in [5, 5.41) is 17.6. The van der Waals surface area contributed by atoms with Gasteiger partial charge >= 0.3 is 0 Å². The highest BCUT2D eigenvalue weighted by Crippen LogP contribution is 2.35. The van der Waals surface area contributed by atoms with Crippen molar-refractivity contribution in [2.75, 3.05) is 16.8 Å². The highest BCUT2D eigenvalue weighted by molar-refractivity contribution is 6.31. The van der Waals surface area contributed by atoms with Crippen molar-refractivity contribution in [3.8, 4) is 11.4 Å². The second-order valence-electron chi connectivity index (χ2n) is 7.30. The summed E-state index contributed by atoms with van der Waals surface area (Å²) in [5.41, 5.74) is 2.21. The van der Waals surface area contributed by atoms with Gasteiger partial charge in [-0.25, -0.2) is 14.5 Å². The van der Waals surface area contributed by atoms with E-state index in [9.17, 15) is 9.90 Å². The van der Waals surface area contributed by atoms with Crippen LogP contribution in [-0.4, -0.2) is 49.3 Å². The number of rotatable bonds is 2. The third kappa shape index (κ3) is 2.98. The largest absolute Gasteiger partial charge is 0.393 e. The molecule has 3 aromatic heterocycles. The molecule has 9 heteroatoms. The zero-order valence-electron chi connectivity index (χ0n) is 15.0. The van der Waals surface area contributed by atoms with Gasteiger partial charge in [0, 0.05) is 17.3 Å². The van der Waals surface area contributed by atoms with Crippen LogP contribution in [0.15, 0.2) is 30.7 Å². The number of aromatic nitrogens is 4. The molecule has 2 N–H and O–H groups in total. The van der Waals surface area contributed by atoms with E-state index in [1.54, 1.807) is 29.2 Å². The fourth-order valence-electron chi connectivity index (χ4n) is 4.03.